The standard InChI is InChI=1S/C13H14BrClF3NO/c1-8(2)6-19(7-13(16,17)18)12(20)10-5-9(14)3-4-11(10)15/h3-5,8H,6-7H2,1-2H3. The van der Waals surface area contributed by atoms with Crippen LogP contribution in [0.2, 0.25) is 5.02 Å². The summed E-state index contributed by atoms with van der Waals surface area (Å²) in [5, 5.41) is 0.133. The molecule has 0 saturated heterocycles. The molecular weight excluding hydrogens is 359 g/mol. The van der Waals surface area contributed by atoms with Gasteiger partial charge in [0, 0.05) is 11.0 Å². The molecule has 0 bridgehead atoms. The van der Waals surface area contributed by atoms with Crippen molar-refractivity contribution in [1.29, 1.82) is 0 Å². The average molecular weight is 373 g/mol. The zero-order chi connectivity index (χ0) is 15.5. The molecule has 0 aliphatic carbocycles. The van der Waals surface area contributed by atoms with Gasteiger partial charge in [0.2, 0.25) is 0 Å². The topological polar surface area (TPSA) is 20.3 Å². The third kappa shape index (κ3) is 5.32. The van der Waals surface area contributed by atoms with Crippen LogP contribution < -0.4 is 0 Å². The van der Waals surface area contributed by atoms with Crippen LogP contribution in [0.15, 0.2) is 22.7 Å². The predicted molar refractivity (Wildman–Crippen MR) is 75.9 cm³/mol. The van der Waals surface area contributed by atoms with E-state index in [1.807, 2.05) is 0 Å². The van der Waals surface area contributed by atoms with Crippen molar-refractivity contribution in [3.8, 4) is 0 Å². The molecule has 1 rings (SSSR count). The van der Waals surface area contributed by atoms with E-state index in [-0.39, 0.29) is 23.0 Å². The highest BCUT2D eigenvalue weighted by Gasteiger charge is 2.34. The number of alkyl halides is 3. The maximum absolute atomic E-state index is 12.6. The molecule has 0 unspecified atom stereocenters. The van der Waals surface area contributed by atoms with E-state index in [0.29, 0.717) is 4.47 Å². The summed E-state index contributed by atoms with van der Waals surface area (Å²) in [5.41, 5.74) is 0.0611. The maximum Gasteiger partial charge on any atom is 0.406 e. The highest BCUT2D eigenvalue weighted by Crippen LogP contribution is 2.25. The van der Waals surface area contributed by atoms with Crippen molar-refractivity contribution in [2.24, 2.45) is 5.92 Å². The largest absolute Gasteiger partial charge is 0.406 e. The van der Waals surface area contributed by atoms with Crippen LogP contribution in [0.5, 0.6) is 0 Å². The molecule has 0 N–H and O–H groups in total. The van der Waals surface area contributed by atoms with E-state index >= 15 is 0 Å². The fourth-order valence-corrected chi connectivity index (χ4v) is 2.27. The summed E-state index contributed by atoms with van der Waals surface area (Å²) in [5.74, 6) is -0.797. The molecular formula is C13H14BrClF3NO. The smallest absolute Gasteiger partial charge is 0.329 e. The molecule has 1 aromatic carbocycles. The Kier molecular flexibility index (Phi) is 5.89. The van der Waals surface area contributed by atoms with Crippen molar-refractivity contribution in [2.75, 3.05) is 13.1 Å². The molecule has 1 amide bonds. The van der Waals surface area contributed by atoms with Gasteiger partial charge in [-0.25, -0.2) is 0 Å². The number of carbonyl (C=O) groups is 1. The first kappa shape index (κ1) is 17.3. The SMILES string of the molecule is CC(C)CN(CC(F)(F)F)C(=O)c1cc(Br)ccc1Cl. The lowest BCUT2D eigenvalue weighted by Crippen LogP contribution is -2.41. The van der Waals surface area contributed by atoms with E-state index in [2.05, 4.69) is 15.9 Å². The minimum Gasteiger partial charge on any atom is -0.329 e. The summed E-state index contributed by atoms with van der Waals surface area (Å²) in [4.78, 5) is 13.0. The molecule has 7 heteroatoms. The molecule has 0 aliphatic rings. The van der Waals surface area contributed by atoms with Crippen LogP contribution in [0.4, 0.5) is 13.2 Å². The van der Waals surface area contributed by atoms with Crippen LogP contribution in [0.1, 0.15) is 24.2 Å². The van der Waals surface area contributed by atoms with Gasteiger partial charge in [0.05, 0.1) is 10.6 Å². The molecule has 0 atom stereocenters. The quantitative estimate of drug-likeness (QED) is 0.746. The number of rotatable bonds is 4. The lowest BCUT2D eigenvalue weighted by molar-refractivity contribution is -0.141. The summed E-state index contributed by atoms with van der Waals surface area (Å²) in [7, 11) is 0. The van der Waals surface area contributed by atoms with E-state index in [1.54, 1.807) is 19.9 Å². The average Bonchev–Trinajstić information content (AvgIpc) is 2.28. The van der Waals surface area contributed by atoms with Crippen LogP contribution in [0.25, 0.3) is 0 Å². The van der Waals surface area contributed by atoms with E-state index in [9.17, 15) is 18.0 Å². The molecule has 112 valence electrons. The Morgan fingerprint density at radius 3 is 2.50 bits per heavy atom. The normalized spacial score (nSPS) is 11.8. The number of amides is 1. The third-order valence-electron chi connectivity index (χ3n) is 2.40. The second kappa shape index (κ2) is 6.80. The molecule has 1 aromatic rings. The minimum atomic E-state index is -4.44. The Hall–Kier alpha value is -0.750. The molecule has 20 heavy (non-hydrogen) atoms. The third-order valence-corrected chi connectivity index (χ3v) is 3.22. The lowest BCUT2D eigenvalue weighted by atomic mass is 10.1. The molecule has 2 nitrogen and oxygen atoms in total. The zero-order valence-electron chi connectivity index (χ0n) is 11.0. The summed E-state index contributed by atoms with van der Waals surface area (Å²) < 4.78 is 38.3. The molecule has 0 fully saturated rings. The Morgan fingerprint density at radius 2 is 2.00 bits per heavy atom. The molecule has 0 heterocycles. The number of carbonyl (C=O) groups excluding carboxylic acids is 1. The van der Waals surface area contributed by atoms with Crippen LogP contribution >= 0.6 is 27.5 Å². The van der Waals surface area contributed by atoms with Gasteiger partial charge in [-0.2, -0.15) is 13.2 Å². The number of hydrogen-bond donors (Lipinski definition) is 0. The first-order valence-electron chi connectivity index (χ1n) is 5.91. The number of nitrogens with zero attached hydrogens (tertiary/aromatic N) is 1. The Morgan fingerprint density at radius 1 is 1.40 bits per heavy atom. The fourth-order valence-electron chi connectivity index (χ4n) is 1.71. The molecule has 0 aliphatic heterocycles. The van der Waals surface area contributed by atoms with E-state index in [4.69, 9.17) is 11.6 Å². The Balaban J connectivity index is 3.06. The van der Waals surface area contributed by atoms with Crippen LogP contribution in [-0.4, -0.2) is 30.1 Å². The van der Waals surface area contributed by atoms with Crippen LogP contribution in [0, 0.1) is 5.92 Å². The van der Waals surface area contributed by atoms with Gasteiger partial charge >= 0.3 is 6.18 Å². The van der Waals surface area contributed by atoms with Crippen molar-refractivity contribution in [3.63, 3.8) is 0 Å². The van der Waals surface area contributed by atoms with Gasteiger partial charge < -0.3 is 4.90 Å². The maximum atomic E-state index is 12.6. The highest BCUT2D eigenvalue weighted by molar-refractivity contribution is 9.10. The lowest BCUT2D eigenvalue weighted by Gasteiger charge is -2.26. The van der Waals surface area contributed by atoms with Crippen LogP contribution in [0.3, 0.4) is 0 Å². The van der Waals surface area contributed by atoms with Crippen molar-refractivity contribution in [3.05, 3.63) is 33.3 Å². The first-order chi connectivity index (χ1) is 9.10. The monoisotopic (exact) mass is 371 g/mol. The molecule has 0 aromatic heterocycles. The number of hydrogen-bond acceptors (Lipinski definition) is 1. The van der Waals surface area contributed by atoms with Gasteiger partial charge in [0.25, 0.3) is 5.91 Å². The Bertz CT molecular complexity index is 491. The van der Waals surface area contributed by atoms with Gasteiger partial charge in [-0.15, -0.1) is 0 Å². The summed E-state index contributed by atoms with van der Waals surface area (Å²) in [6.45, 7) is 2.23. The highest BCUT2D eigenvalue weighted by atomic mass is 79.9. The van der Waals surface area contributed by atoms with E-state index in [0.717, 1.165) is 4.90 Å². The van der Waals surface area contributed by atoms with E-state index < -0.39 is 18.6 Å². The van der Waals surface area contributed by atoms with Gasteiger partial charge in [0.15, 0.2) is 0 Å². The van der Waals surface area contributed by atoms with Gasteiger partial charge in [-0.3, -0.25) is 4.79 Å². The summed E-state index contributed by atoms with van der Waals surface area (Å²) in [6.07, 6.45) is -4.44. The second-order valence-electron chi connectivity index (χ2n) is 4.82. The number of halogens is 5. The van der Waals surface area contributed by atoms with Gasteiger partial charge in [0.1, 0.15) is 6.54 Å². The molecule has 0 spiro atoms. The van der Waals surface area contributed by atoms with Gasteiger partial charge in [-0.1, -0.05) is 41.4 Å². The fraction of sp³-hybridized carbons (Fsp3) is 0.462. The summed E-state index contributed by atoms with van der Waals surface area (Å²) >= 11 is 9.07. The Labute approximate surface area is 129 Å². The second-order valence-corrected chi connectivity index (χ2v) is 6.14. The van der Waals surface area contributed by atoms with E-state index in [1.165, 1.54) is 12.1 Å². The van der Waals surface area contributed by atoms with Crippen molar-refractivity contribution in [2.45, 2.75) is 20.0 Å². The van der Waals surface area contributed by atoms with Crippen molar-refractivity contribution in [1.82, 2.24) is 4.90 Å². The summed E-state index contributed by atoms with van der Waals surface area (Å²) in [6, 6.07) is 4.52. The van der Waals surface area contributed by atoms with Gasteiger partial charge in [-0.05, 0) is 24.1 Å². The molecule has 0 saturated carbocycles. The van der Waals surface area contributed by atoms with Crippen molar-refractivity contribution < 1.29 is 18.0 Å². The zero-order valence-corrected chi connectivity index (χ0v) is 13.3. The van der Waals surface area contributed by atoms with Crippen LogP contribution in [-0.2, 0) is 0 Å². The minimum absolute atomic E-state index is 0.0151. The number of benzene rings is 1. The van der Waals surface area contributed by atoms with Crippen molar-refractivity contribution >= 4 is 33.4 Å². The first-order valence-corrected chi connectivity index (χ1v) is 7.08. The molecule has 0 radical (unpaired) electrons. The predicted octanol–water partition coefficient (Wildman–Crippen LogP) is 4.76.